The van der Waals surface area contributed by atoms with Crippen LogP contribution in [-0.2, 0) is 9.47 Å². The number of amides is 2. The molecule has 0 aromatic heterocycles. The second-order valence-corrected chi connectivity index (χ2v) is 6.41. The van der Waals surface area contributed by atoms with Gasteiger partial charge in [0.2, 0.25) is 0 Å². The van der Waals surface area contributed by atoms with Gasteiger partial charge in [0.25, 0.3) is 0 Å². The predicted molar refractivity (Wildman–Crippen MR) is 81.7 cm³/mol. The van der Waals surface area contributed by atoms with E-state index >= 15 is 0 Å². The Morgan fingerprint density at radius 3 is 2.05 bits per heavy atom. The van der Waals surface area contributed by atoms with Gasteiger partial charge in [-0.15, -0.1) is 0 Å². The van der Waals surface area contributed by atoms with E-state index in [-0.39, 0.29) is 5.41 Å². The molecule has 6 nitrogen and oxygen atoms in total. The number of hydrogen-bond donors (Lipinski definition) is 2. The predicted octanol–water partition coefficient (Wildman–Crippen LogP) is 3.18. The molecule has 0 saturated carbocycles. The molecule has 4 N–H and O–H groups in total. The van der Waals surface area contributed by atoms with Crippen molar-refractivity contribution < 1.29 is 19.1 Å². The Morgan fingerprint density at radius 2 is 1.52 bits per heavy atom. The summed E-state index contributed by atoms with van der Waals surface area (Å²) < 4.78 is 9.44. The third-order valence-corrected chi connectivity index (χ3v) is 3.48. The van der Waals surface area contributed by atoms with E-state index in [2.05, 4.69) is 20.8 Å². The lowest BCUT2D eigenvalue weighted by atomic mass is 9.78. The van der Waals surface area contributed by atoms with Crippen LogP contribution in [0.25, 0.3) is 0 Å². The van der Waals surface area contributed by atoms with Gasteiger partial charge in [0.1, 0.15) is 0 Å². The van der Waals surface area contributed by atoms with Gasteiger partial charge in [0.05, 0.1) is 13.2 Å². The maximum atomic E-state index is 10.5. The van der Waals surface area contributed by atoms with Crippen LogP contribution in [0.4, 0.5) is 9.59 Å². The highest BCUT2D eigenvalue weighted by Gasteiger charge is 2.20. The van der Waals surface area contributed by atoms with Gasteiger partial charge in [-0.05, 0) is 43.4 Å². The van der Waals surface area contributed by atoms with Gasteiger partial charge >= 0.3 is 12.2 Å². The Kier molecular flexibility index (Phi) is 9.58. The summed E-state index contributed by atoms with van der Waals surface area (Å²) in [5, 5.41) is 0. The van der Waals surface area contributed by atoms with E-state index in [0.717, 1.165) is 38.5 Å². The van der Waals surface area contributed by atoms with E-state index in [1.54, 1.807) is 0 Å². The van der Waals surface area contributed by atoms with Crippen molar-refractivity contribution in [3.8, 4) is 0 Å². The number of carbonyl (C=O) groups is 2. The molecule has 0 aliphatic heterocycles. The summed E-state index contributed by atoms with van der Waals surface area (Å²) >= 11 is 0. The van der Waals surface area contributed by atoms with Crippen molar-refractivity contribution in [1.82, 2.24) is 0 Å². The number of primary amides is 2. The van der Waals surface area contributed by atoms with Gasteiger partial charge in [0, 0.05) is 0 Å². The Bertz CT molecular complexity index is 319. The average molecular weight is 302 g/mol. The molecule has 2 amide bonds. The largest absolute Gasteiger partial charge is 0.450 e. The van der Waals surface area contributed by atoms with Crippen LogP contribution in [0.3, 0.4) is 0 Å². The molecule has 0 radical (unpaired) electrons. The zero-order valence-corrected chi connectivity index (χ0v) is 13.5. The monoisotopic (exact) mass is 302 g/mol. The zero-order valence-electron chi connectivity index (χ0n) is 13.5. The van der Waals surface area contributed by atoms with E-state index < -0.39 is 12.2 Å². The van der Waals surface area contributed by atoms with Gasteiger partial charge in [-0.2, -0.15) is 0 Å². The molecule has 0 aromatic carbocycles. The second-order valence-electron chi connectivity index (χ2n) is 6.41. The lowest BCUT2D eigenvalue weighted by molar-refractivity contribution is 0.143. The van der Waals surface area contributed by atoms with Crippen LogP contribution >= 0.6 is 0 Å². The Balaban J connectivity index is 3.72. The molecule has 0 heterocycles. The summed E-state index contributed by atoms with van der Waals surface area (Å²) in [4.78, 5) is 20.9. The Morgan fingerprint density at radius 1 is 1.00 bits per heavy atom. The van der Waals surface area contributed by atoms with Crippen molar-refractivity contribution in [1.29, 1.82) is 0 Å². The van der Waals surface area contributed by atoms with Crippen molar-refractivity contribution in [2.24, 2.45) is 22.8 Å². The molecule has 0 fully saturated rings. The van der Waals surface area contributed by atoms with E-state index in [1.807, 2.05) is 0 Å². The van der Waals surface area contributed by atoms with Gasteiger partial charge in [-0.3, -0.25) is 0 Å². The molecule has 0 bridgehead atoms. The summed E-state index contributed by atoms with van der Waals surface area (Å²) in [6.07, 6.45) is 4.49. The van der Waals surface area contributed by atoms with E-state index in [1.165, 1.54) is 0 Å². The molecular weight excluding hydrogens is 272 g/mol. The standard InChI is InChI=1S/C15H30N2O4/c1-12(7-4-5-9-20-13(16)18)11-15(2,3)8-6-10-21-14(17)19/h12H,4-11H2,1-3H3,(H2,16,18)(H2,17,19). The summed E-state index contributed by atoms with van der Waals surface area (Å²) in [7, 11) is 0. The molecular formula is C15H30N2O4. The van der Waals surface area contributed by atoms with Crippen molar-refractivity contribution in [3.63, 3.8) is 0 Å². The summed E-state index contributed by atoms with van der Waals surface area (Å²) in [5.74, 6) is 0.602. The SMILES string of the molecule is CC(CCCCOC(N)=O)CC(C)(C)CCCOC(N)=O. The van der Waals surface area contributed by atoms with Gasteiger partial charge in [0.15, 0.2) is 0 Å². The number of unbranched alkanes of at least 4 members (excludes halogenated alkanes) is 1. The fraction of sp³-hybridized carbons (Fsp3) is 0.867. The normalized spacial score (nSPS) is 12.7. The first-order valence-corrected chi connectivity index (χ1v) is 7.57. The molecule has 0 aliphatic carbocycles. The molecule has 0 spiro atoms. The van der Waals surface area contributed by atoms with E-state index in [4.69, 9.17) is 20.9 Å². The number of ether oxygens (including phenoxy) is 2. The number of carbonyl (C=O) groups excluding carboxylic acids is 2. The third-order valence-electron chi connectivity index (χ3n) is 3.48. The molecule has 1 unspecified atom stereocenters. The highest BCUT2D eigenvalue weighted by atomic mass is 16.5. The summed E-state index contributed by atoms with van der Waals surface area (Å²) in [6, 6.07) is 0. The fourth-order valence-electron chi connectivity index (χ4n) is 2.64. The smallest absolute Gasteiger partial charge is 0.404 e. The molecule has 1 atom stereocenters. The van der Waals surface area contributed by atoms with Crippen molar-refractivity contribution in [3.05, 3.63) is 0 Å². The Labute approximate surface area is 127 Å². The van der Waals surface area contributed by atoms with Crippen molar-refractivity contribution in [2.75, 3.05) is 13.2 Å². The molecule has 0 rings (SSSR count). The molecule has 0 aromatic rings. The zero-order chi connectivity index (χ0) is 16.3. The number of nitrogens with two attached hydrogens (primary N) is 2. The van der Waals surface area contributed by atoms with Crippen LogP contribution in [0.5, 0.6) is 0 Å². The minimum Gasteiger partial charge on any atom is -0.450 e. The first-order valence-electron chi connectivity index (χ1n) is 7.57. The minimum atomic E-state index is -0.709. The van der Waals surface area contributed by atoms with Gasteiger partial charge < -0.3 is 20.9 Å². The Hall–Kier alpha value is -1.46. The van der Waals surface area contributed by atoms with Crippen LogP contribution in [-0.4, -0.2) is 25.4 Å². The lowest BCUT2D eigenvalue weighted by Crippen LogP contribution is -2.19. The van der Waals surface area contributed by atoms with Crippen LogP contribution < -0.4 is 11.5 Å². The number of hydrogen-bond acceptors (Lipinski definition) is 4. The van der Waals surface area contributed by atoms with E-state index in [0.29, 0.717) is 19.1 Å². The van der Waals surface area contributed by atoms with Crippen molar-refractivity contribution in [2.45, 2.75) is 59.3 Å². The average Bonchev–Trinajstić information content (AvgIpc) is 2.33. The first kappa shape index (κ1) is 19.5. The highest BCUT2D eigenvalue weighted by molar-refractivity contribution is 5.64. The first-order chi connectivity index (χ1) is 9.73. The second kappa shape index (κ2) is 10.3. The quantitative estimate of drug-likeness (QED) is 0.572. The lowest BCUT2D eigenvalue weighted by Gasteiger charge is -2.28. The molecule has 21 heavy (non-hydrogen) atoms. The highest BCUT2D eigenvalue weighted by Crippen LogP contribution is 2.32. The number of rotatable bonds is 11. The molecule has 124 valence electrons. The molecule has 6 heteroatoms. The molecule has 0 saturated heterocycles. The van der Waals surface area contributed by atoms with Crippen LogP contribution in [0.2, 0.25) is 0 Å². The van der Waals surface area contributed by atoms with Crippen LogP contribution in [0, 0.1) is 11.3 Å². The van der Waals surface area contributed by atoms with Gasteiger partial charge in [-0.25, -0.2) is 9.59 Å². The maximum absolute atomic E-state index is 10.5. The third kappa shape index (κ3) is 13.3. The van der Waals surface area contributed by atoms with Crippen LogP contribution in [0.1, 0.15) is 59.3 Å². The topological polar surface area (TPSA) is 105 Å². The maximum Gasteiger partial charge on any atom is 0.404 e. The fourth-order valence-corrected chi connectivity index (χ4v) is 2.64. The van der Waals surface area contributed by atoms with E-state index in [9.17, 15) is 9.59 Å². The van der Waals surface area contributed by atoms with Crippen LogP contribution in [0.15, 0.2) is 0 Å². The molecule has 0 aliphatic rings. The minimum absolute atomic E-state index is 0.212. The summed E-state index contributed by atoms with van der Waals surface area (Å²) in [6.45, 7) is 7.47. The summed E-state index contributed by atoms with van der Waals surface area (Å²) in [5.41, 5.74) is 10.0. The van der Waals surface area contributed by atoms with Gasteiger partial charge in [-0.1, -0.05) is 27.2 Å². The van der Waals surface area contributed by atoms with Crippen molar-refractivity contribution >= 4 is 12.2 Å².